The van der Waals surface area contributed by atoms with Crippen LogP contribution in [0.15, 0.2) is 73.3 Å². The number of amides is 1. The Bertz CT molecular complexity index is 897. The molecule has 0 spiro atoms. The van der Waals surface area contributed by atoms with Crippen LogP contribution in [0, 0.1) is 0 Å². The Balaban J connectivity index is 1.91. The summed E-state index contributed by atoms with van der Waals surface area (Å²) in [4.78, 5) is 34.6. The molecule has 0 atom stereocenters. The molecule has 0 aliphatic heterocycles. The summed E-state index contributed by atoms with van der Waals surface area (Å²) in [5, 5.41) is 0. The van der Waals surface area contributed by atoms with Gasteiger partial charge in [-0.05, 0) is 61.0 Å². The first-order valence-electron chi connectivity index (χ1n) is 8.57. The SMILES string of the molecule is CCOC(=O)c1ccc(N(Cc2ccncc2)C(=O)c2cccnc2)cc1. The highest BCUT2D eigenvalue weighted by Crippen LogP contribution is 2.21. The van der Waals surface area contributed by atoms with Crippen LogP contribution >= 0.6 is 0 Å². The third-order valence-electron chi connectivity index (χ3n) is 3.93. The Labute approximate surface area is 157 Å². The van der Waals surface area contributed by atoms with Gasteiger partial charge in [-0.2, -0.15) is 0 Å². The van der Waals surface area contributed by atoms with Gasteiger partial charge in [0.1, 0.15) is 0 Å². The molecule has 136 valence electrons. The number of pyridine rings is 2. The predicted octanol–water partition coefficient (Wildman–Crippen LogP) is 3.50. The van der Waals surface area contributed by atoms with E-state index >= 15 is 0 Å². The number of anilines is 1. The molecule has 2 heterocycles. The van der Waals surface area contributed by atoms with Crippen molar-refractivity contribution in [2.24, 2.45) is 0 Å². The molecule has 0 aliphatic carbocycles. The summed E-state index contributed by atoms with van der Waals surface area (Å²) in [5.74, 6) is -0.563. The second-order valence-electron chi connectivity index (χ2n) is 5.76. The fraction of sp³-hybridized carbons (Fsp3) is 0.143. The summed E-state index contributed by atoms with van der Waals surface area (Å²) in [6.45, 7) is 2.44. The monoisotopic (exact) mass is 361 g/mol. The van der Waals surface area contributed by atoms with E-state index < -0.39 is 0 Å². The topological polar surface area (TPSA) is 72.4 Å². The standard InChI is InChI=1S/C21H19N3O3/c1-2-27-21(26)17-5-7-19(8-6-17)24(15-16-9-12-22-13-10-16)20(25)18-4-3-11-23-14-18/h3-14H,2,15H2,1H3. The van der Waals surface area contributed by atoms with Crippen LogP contribution in [0.2, 0.25) is 0 Å². The second kappa shape index (κ2) is 8.71. The summed E-state index contributed by atoms with van der Waals surface area (Å²) >= 11 is 0. The minimum Gasteiger partial charge on any atom is -0.462 e. The Morgan fingerprint density at radius 3 is 2.30 bits per heavy atom. The number of rotatable bonds is 6. The molecule has 0 saturated heterocycles. The van der Waals surface area contributed by atoms with E-state index in [2.05, 4.69) is 9.97 Å². The lowest BCUT2D eigenvalue weighted by molar-refractivity contribution is 0.0526. The Hall–Kier alpha value is -3.54. The van der Waals surface area contributed by atoms with E-state index in [0.717, 1.165) is 5.56 Å². The summed E-state index contributed by atoms with van der Waals surface area (Å²) in [5.41, 5.74) is 2.55. The third kappa shape index (κ3) is 4.55. The van der Waals surface area contributed by atoms with E-state index in [1.165, 1.54) is 6.20 Å². The summed E-state index contributed by atoms with van der Waals surface area (Å²) < 4.78 is 5.01. The molecule has 3 aromatic rings. The highest BCUT2D eigenvalue weighted by Gasteiger charge is 2.19. The largest absolute Gasteiger partial charge is 0.462 e. The lowest BCUT2D eigenvalue weighted by atomic mass is 10.1. The van der Waals surface area contributed by atoms with Crippen LogP contribution < -0.4 is 4.90 Å². The van der Waals surface area contributed by atoms with Gasteiger partial charge in [0.05, 0.1) is 24.3 Å². The number of ether oxygens (including phenoxy) is 1. The maximum absolute atomic E-state index is 13.0. The van der Waals surface area contributed by atoms with Gasteiger partial charge in [0.15, 0.2) is 0 Å². The average molecular weight is 361 g/mol. The summed E-state index contributed by atoms with van der Waals surface area (Å²) in [6.07, 6.45) is 6.53. The maximum Gasteiger partial charge on any atom is 0.338 e. The molecular weight excluding hydrogens is 342 g/mol. The first-order chi connectivity index (χ1) is 13.2. The van der Waals surface area contributed by atoms with Crippen LogP contribution in [-0.2, 0) is 11.3 Å². The molecule has 0 saturated carbocycles. The Morgan fingerprint density at radius 1 is 0.926 bits per heavy atom. The zero-order valence-corrected chi connectivity index (χ0v) is 14.9. The van der Waals surface area contributed by atoms with Crippen molar-refractivity contribution in [3.05, 3.63) is 90.0 Å². The molecule has 3 rings (SSSR count). The molecule has 0 aliphatic rings. The van der Waals surface area contributed by atoms with Crippen molar-refractivity contribution in [3.63, 3.8) is 0 Å². The molecular formula is C21H19N3O3. The van der Waals surface area contributed by atoms with Crippen molar-refractivity contribution in [2.75, 3.05) is 11.5 Å². The number of esters is 1. The third-order valence-corrected chi connectivity index (χ3v) is 3.93. The number of carbonyl (C=O) groups is 2. The van der Waals surface area contributed by atoms with Crippen LogP contribution in [-0.4, -0.2) is 28.5 Å². The van der Waals surface area contributed by atoms with Crippen LogP contribution in [0.3, 0.4) is 0 Å². The Kier molecular flexibility index (Phi) is 5.89. The summed E-state index contributed by atoms with van der Waals surface area (Å²) in [6, 6.07) is 14.0. The number of carbonyl (C=O) groups excluding carboxylic acids is 2. The van der Waals surface area contributed by atoms with Crippen LogP contribution in [0.25, 0.3) is 0 Å². The van der Waals surface area contributed by atoms with Gasteiger partial charge in [0.25, 0.3) is 5.91 Å². The van der Waals surface area contributed by atoms with Gasteiger partial charge in [-0.1, -0.05) is 0 Å². The van der Waals surface area contributed by atoms with Crippen LogP contribution in [0.5, 0.6) is 0 Å². The molecule has 2 aromatic heterocycles. The van der Waals surface area contributed by atoms with Crippen LogP contribution in [0.4, 0.5) is 5.69 Å². The molecule has 0 bridgehead atoms. The molecule has 0 fully saturated rings. The van der Waals surface area contributed by atoms with Gasteiger partial charge in [-0.3, -0.25) is 14.8 Å². The normalized spacial score (nSPS) is 10.3. The van der Waals surface area contributed by atoms with E-state index in [1.807, 2.05) is 12.1 Å². The fourth-order valence-corrected chi connectivity index (χ4v) is 2.59. The summed E-state index contributed by atoms with van der Waals surface area (Å²) in [7, 11) is 0. The number of hydrogen-bond acceptors (Lipinski definition) is 5. The van der Waals surface area contributed by atoms with Gasteiger partial charge in [0.2, 0.25) is 0 Å². The fourth-order valence-electron chi connectivity index (χ4n) is 2.59. The van der Waals surface area contributed by atoms with Crippen molar-refractivity contribution in [1.82, 2.24) is 9.97 Å². The molecule has 1 amide bonds. The van der Waals surface area contributed by atoms with Crippen molar-refractivity contribution >= 4 is 17.6 Å². The quantitative estimate of drug-likeness (QED) is 0.628. The molecule has 6 heteroatoms. The second-order valence-corrected chi connectivity index (χ2v) is 5.76. The molecule has 0 radical (unpaired) electrons. The number of aromatic nitrogens is 2. The van der Waals surface area contributed by atoms with E-state index in [4.69, 9.17) is 4.74 Å². The van der Waals surface area contributed by atoms with E-state index in [-0.39, 0.29) is 11.9 Å². The van der Waals surface area contributed by atoms with Crippen molar-refractivity contribution in [2.45, 2.75) is 13.5 Å². The zero-order valence-electron chi connectivity index (χ0n) is 14.9. The number of nitrogens with zero attached hydrogens (tertiary/aromatic N) is 3. The van der Waals surface area contributed by atoms with Crippen molar-refractivity contribution < 1.29 is 14.3 Å². The number of hydrogen-bond donors (Lipinski definition) is 0. The van der Waals surface area contributed by atoms with Gasteiger partial charge in [0, 0.05) is 30.5 Å². The van der Waals surface area contributed by atoms with E-state index in [1.54, 1.807) is 66.8 Å². The van der Waals surface area contributed by atoms with Crippen LogP contribution in [0.1, 0.15) is 33.2 Å². The predicted molar refractivity (Wildman–Crippen MR) is 101 cm³/mol. The smallest absolute Gasteiger partial charge is 0.338 e. The van der Waals surface area contributed by atoms with Crippen molar-refractivity contribution in [1.29, 1.82) is 0 Å². The first kappa shape index (κ1) is 18.3. The van der Waals surface area contributed by atoms with Gasteiger partial charge < -0.3 is 9.64 Å². The van der Waals surface area contributed by atoms with Crippen molar-refractivity contribution in [3.8, 4) is 0 Å². The minimum absolute atomic E-state index is 0.177. The highest BCUT2D eigenvalue weighted by molar-refractivity contribution is 6.06. The van der Waals surface area contributed by atoms with Gasteiger partial charge >= 0.3 is 5.97 Å². The molecule has 1 aromatic carbocycles. The molecule has 6 nitrogen and oxygen atoms in total. The zero-order chi connectivity index (χ0) is 19.1. The Morgan fingerprint density at radius 2 is 1.67 bits per heavy atom. The molecule has 27 heavy (non-hydrogen) atoms. The molecule has 0 N–H and O–H groups in total. The number of benzene rings is 1. The van der Waals surface area contributed by atoms with Gasteiger partial charge in [-0.25, -0.2) is 4.79 Å². The lowest BCUT2D eigenvalue weighted by Gasteiger charge is -2.23. The molecule has 0 unspecified atom stereocenters. The maximum atomic E-state index is 13.0. The van der Waals surface area contributed by atoms with E-state index in [9.17, 15) is 9.59 Å². The lowest BCUT2D eigenvalue weighted by Crippen LogP contribution is -2.30. The van der Waals surface area contributed by atoms with Gasteiger partial charge in [-0.15, -0.1) is 0 Å². The van der Waals surface area contributed by atoms with E-state index in [0.29, 0.717) is 30.0 Å². The minimum atomic E-state index is -0.386. The average Bonchev–Trinajstić information content (AvgIpc) is 2.73. The first-order valence-corrected chi connectivity index (χ1v) is 8.57. The highest BCUT2D eigenvalue weighted by atomic mass is 16.5.